The van der Waals surface area contributed by atoms with Crippen molar-refractivity contribution in [3.8, 4) is 0 Å². The molecule has 0 saturated heterocycles. The SMILES string of the molecule is COC(=O)c1cccc(NC(=NCCc2c(C)nn(C)c2C)NC(=O)c2ccc(C)c(F)c2)c1. The van der Waals surface area contributed by atoms with Crippen LogP contribution in [0.15, 0.2) is 47.5 Å². The number of hydrogen-bond donors (Lipinski definition) is 2. The summed E-state index contributed by atoms with van der Waals surface area (Å²) < 4.78 is 20.6. The molecule has 8 nitrogen and oxygen atoms in total. The number of aryl methyl sites for hydroxylation is 3. The molecule has 1 aromatic heterocycles. The van der Waals surface area contributed by atoms with E-state index in [0.29, 0.717) is 29.8 Å². The lowest BCUT2D eigenvalue weighted by Crippen LogP contribution is -2.36. The summed E-state index contributed by atoms with van der Waals surface area (Å²) in [5, 5.41) is 10.2. The summed E-state index contributed by atoms with van der Waals surface area (Å²) >= 11 is 0. The third kappa shape index (κ3) is 5.86. The normalized spacial score (nSPS) is 11.3. The van der Waals surface area contributed by atoms with Gasteiger partial charge in [-0.25, -0.2) is 9.18 Å². The van der Waals surface area contributed by atoms with Gasteiger partial charge >= 0.3 is 5.97 Å². The lowest BCUT2D eigenvalue weighted by molar-refractivity contribution is 0.0600. The van der Waals surface area contributed by atoms with Gasteiger partial charge in [-0.05, 0) is 68.7 Å². The van der Waals surface area contributed by atoms with Crippen LogP contribution >= 0.6 is 0 Å². The zero-order chi connectivity index (χ0) is 24.8. The Hall–Kier alpha value is -4.01. The first kappa shape index (κ1) is 24.6. The largest absolute Gasteiger partial charge is 0.465 e. The second kappa shape index (κ2) is 10.7. The molecule has 0 atom stereocenters. The molecular weight excluding hydrogens is 437 g/mol. The summed E-state index contributed by atoms with van der Waals surface area (Å²) in [5.41, 5.74) is 4.56. The Balaban J connectivity index is 1.84. The van der Waals surface area contributed by atoms with Crippen molar-refractivity contribution < 1.29 is 18.7 Å². The van der Waals surface area contributed by atoms with Crippen molar-refractivity contribution in [1.29, 1.82) is 0 Å². The van der Waals surface area contributed by atoms with Crippen molar-refractivity contribution in [3.05, 3.63) is 81.9 Å². The summed E-state index contributed by atoms with van der Waals surface area (Å²) in [6, 6.07) is 10.9. The minimum Gasteiger partial charge on any atom is -0.465 e. The molecule has 2 aromatic carbocycles. The van der Waals surface area contributed by atoms with Gasteiger partial charge in [0.05, 0.1) is 18.4 Å². The number of ether oxygens (including phenoxy) is 1. The fourth-order valence-corrected chi connectivity index (χ4v) is 3.46. The monoisotopic (exact) mass is 465 g/mol. The molecule has 3 rings (SSSR count). The van der Waals surface area contributed by atoms with Crippen LogP contribution < -0.4 is 10.6 Å². The number of nitrogens with one attached hydrogen (secondary N) is 2. The van der Waals surface area contributed by atoms with Crippen molar-refractivity contribution >= 4 is 23.5 Å². The molecule has 0 aliphatic carbocycles. The Labute approximate surface area is 197 Å². The highest BCUT2D eigenvalue weighted by molar-refractivity contribution is 6.10. The molecule has 9 heteroatoms. The Morgan fingerprint density at radius 3 is 2.53 bits per heavy atom. The van der Waals surface area contributed by atoms with E-state index in [-0.39, 0.29) is 11.5 Å². The first-order valence-corrected chi connectivity index (χ1v) is 10.8. The van der Waals surface area contributed by atoms with E-state index in [2.05, 4.69) is 20.7 Å². The van der Waals surface area contributed by atoms with Crippen molar-refractivity contribution in [2.24, 2.45) is 12.0 Å². The van der Waals surface area contributed by atoms with E-state index in [4.69, 9.17) is 4.74 Å². The number of methoxy groups -OCH3 is 1. The van der Waals surface area contributed by atoms with Gasteiger partial charge in [-0.2, -0.15) is 5.10 Å². The maximum absolute atomic E-state index is 14.0. The zero-order valence-corrected chi connectivity index (χ0v) is 19.9. The van der Waals surface area contributed by atoms with Crippen molar-refractivity contribution in [2.45, 2.75) is 27.2 Å². The van der Waals surface area contributed by atoms with E-state index in [1.807, 2.05) is 25.6 Å². The topological polar surface area (TPSA) is 97.6 Å². The molecule has 0 spiro atoms. The maximum Gasteiger partial charge on any atom is 0.337 e. The number of halogens is 1. The van der Waals surface area contributed by atoms with Crippen LogP contribution in [0.25, 0.3) is 0 Å². The van der Waals surface area contributed by atoms with E-state index in [1.165, 1.54) is 13.2 Å². The van der Waals surface area contributed by atoms with Gasteiger partial charge in [0.25, 0.3) is 5.91 Å². The number of nitrogens with zero attached hydrogens (tertiary/aromatic N) is 3. The van der Waals surface area contributed by atoms with Crippen LogP contribution in [-0.4, -0.2) is 41.3 Å². The maximum atomic E-state index is 14.0. The molecule has 3 aromatic rings. The van der Waals surface area contributed by atoms with Crippen molar-refractivity contribution in [2.75, 3.05) is 19.0 Å². The third-order valence-corrected chi connectivity index (χ3v) is 5.50. The molecule has 34 heavy (non-hydrogen) atoms. The fourth-order valence-electron chi connectivity index (χ4n) is 3.46. The minimum atomic E-state index is -0.511. The molecule has 0 aliphatic heterocycles. The van der Waals surface area contributed by atoms with Gasteiger partial charge in [0.1, 0.15) is 5.82 Å². The summed E-state index contributed by atoms with van der Waals surface area (Å²) in [6.45, 7) is 5.93. The van der Waals surface area contributed by atoms with Gasteiger partial charge in [0.2, 0.25) is 5.96 Å². The summed E-state index contributed by atoms with van der Waals surface area (Å²) in [4.78, 5) is 29.2. The average molecular weight is 466 g/mol. The van der Waals surface area contributed by atoms with E-state index in [9.17, 15) is 14.0 Å². The Morgan fingerprint density at radius 1 is 1.12 bits per heavy atom. The van der Waals surface area contributed by atoms with E-state index in [1.54, 1.807) is 43.3 Å². The number of aliphatic imine (C=N–C) groups is 1. The molecule has 0 saturated carbocycles. The Kier molecular flexibility index (Phi) is 7.78. The first-order chi connectivity index (χ1) is 16.2. The molecule has 1 heterocycles. The van der Waals surface area contributed by atoms with Crippen molar-refractivity contribution in [3.63, 3.8) is 0 Å². The molecule has 0 bridgehead atoms. The molecule has 1 amide bonds. The molecule has 0 aliphatic rings. The number of anilines is 1. The zero-order valence-electron chi connectivity index (χ0n) is 19.9. The van der Waals surface area contributed by atoms with Gasteiger partial charge in [-0.15, -0.1) is 0 Å². The van der Waals surface area contributed by atoms with Crippen LogP contribution in [0.1, 0.15) is 43.2 Å². The van der Waals surface area contributed by atoms with Crippen LogP contribution in [0.4, 0.5) is 10.1 Å². The van der Waals surface area contributed by atoms with Crippen LogP contribution in [0.2, 0.25) is 0 Å². The minimum absolute atomic E-state index is 0.167. The predicted octanol–water partition coefficient (Wildman–Crippen LogP) is 3.71. The Bertz CT molecular complexity index is 1250. The highest BCUT2D eigenvalue weighted by Crippen LogP contribution is 2.14. The number of rotatable bonds is 6. The highest BCUT2D eigenvalue weighted by atomic mass is 19.1. The van der Waals surface area contributed by atoms with Crippen molar-refractivity contribution in [1.82, 2.24) is 15.1 Å². The van der Waals surface area contributed by atoms with Crippen LogP contribution in [0.5, 0.6) is 0 Å². The second-order valence-electron chi connectivity index (χ2n) is 7.87. The van der Waals surface area contributed by atoms with Gasteiger partial charge in [0, 0.05) is 30.5 Å². The number of esters is 1. The number of amides is 1. The Morgan fingerprint density at radius 2 is 1.88 bits per heavy atom. The summed E-state index contributed by atoms with van der Waals surface area (Å²) in [5.74, 6) is -1.29. The van der Waals surface area contributed by atoms with E-state index >= 15 is 0 Å². The van der Waals surface area contributed by atoms with Crippen LogP contribution in [0, 0.1) is 26.6 Å². The number of carbonyl (C=O) groups excluding carboxylic acids is 2. The number of aromatic nitrogens is 2. The highest BCUT2D eigenvalue weighted by Gasteiger charge is 2.14. The second-order valence-corrected chi connectivity index (χ2v) is 7.87. The summed E-state index contributed by atoms with van der Waals surface area (Å²) in [7, 11) is 3.19. The molecular formula is C25H28FN5O3. The number of benzene rings is 2. The van der Waals surface area contributed by atoms with E-state index < -0.39 is 17.7 Å². The molecule has 0 unspecified atom stereocenters. The molecule has 178 valence electrons. The van der Waals surface area contributed by atoms with E-state index in [0.717, 1.165) is 17.0 Å². The number of hydrogen-bond acceptors (Lipinski definition) is 5. The molecule has 0 radical (unpaired) electrons. The fraction of sp³-hybridized carbons (Fsp3) is 0.280. The predicted molar refractivity (Wildman–Crippen MR) is 129 cm³/mol. The van der Waals surface area contributed by atoms with Gasteiger partial charge in [0.15, 0.2) is 0 Å². The quantitative estimate of drug-likeness (QED) is 0.329. The van der Waals surface area contributed by atoms with Gasteiger partial charge in [-0.1, -0.05) is 12.1 Å². The van der Waals surface area contributed by atoms with Gasteiger partial charge < -0.3 is 10.1 Å². The lowest BCUT2D eigenvalue weighted by atomic mass is 10.1. The van der Waals surface area contributed by atoms with Crippen LogP contribution in [-0.2, 0) is 18.2 Å². The standard InChI is InChI=1S/C25H28FN5O3/c1-15-9-10-18(14-22(15)26)23(32)29-25(27-12-11-21-16(2)30-31(4)17(21)3)28-20-8-6-7-19(13-20)24(33)34-5/h6-10,13-14H,11-12H2,1-5H3,(H2,27,28,29,32). The first-order valence-electron chi connectivity index (χ1n) is 10.8. The van der Waals surface area contributed by atoms with Crippen LogP contribution in [0.3, 0.4) is 0 Å². The number of carbonyl (C=O) groups is 2. The van der Waals surface area contributed by atoms with Gasteiger partial charge in [-0.3, -0.25) is 19.8 Å². The lowest BCUT2D eigenvalue weighted by Gasteiger charge is -2.13. The molecule has 2 N–H and O–H groups in total. The average Bonchev–Trinajstić information content (AvgIpc) is 3.06. The molecule has 0 fully saturated rings. The number of guanidine groups is 1. The summed E-state index contributed by atoms with van der Waals surface area (Å²) in [6.07, 6.45) is 0.619. The smallest absolute Gasteiger partial charge is 0.337 e. The third-order valence-electron chi connectivity index (χ3n) is 5.50.